The molecule has 0 fully saturated rings. The molecule has 12 aromatic rings. The van der Waals surface area contributed by atoms with Crippen LogP contribution in [0, 0.1) is 0 Å². The normalized spacial score (nSPS) is 11.9. The molecule has 0 aliphatic rings. The highest BCUT2D eigenvalue weighted by molar-refractivity contribution is 7.25. The van der Waals surface area contributed by atoms with E-state index in [4.69, 9.17) is 19.4 Å². The number of nitrogens with zero attached hydrogens (tertiary/aromatic N) is 4. The first-order chi connectivity index (χ1) is 28.2. The summed E-state index contributed by atoms with van der Waals surface area (Å²) >= 11 is 1.79. The molecule has 0 aliphatic heterocycles. The second kappa shape index (κ2) is 12.6. The Bertz CT molecular complexity index is 3530. The summed E-state index contributed by atoms with van der Waals surface area (Å²) in [5, 5.41) is 6.80. The minimum absolute atomic E-state index is 0.606. The standard InChI is InChI=1S/C51H30N4OS/c1-3-13-31(14-4-1)32-15-11-16-33(27-32)49-52-50(54-51(53-49)38-21-12-24-47-48(38)37-20-8-10-23-46(37)57-47)34-25-26-44-40(28-34)41-29-39-36-19-7-9-22-42(36)55(35-17-5-2-6-18-35)43(39)30-45(41)56-44/h1-30H. The van der Waals surface area contributed by atoms with Crippen LogP contribution < -0.4 is 0 Å². The van der Waals surface area contributed by atoms with Crippen molar-refractivity contribution in [3.05, 3.63) is 182 Å². The number of aromatic nitrogens is 4. The van der Waals surface area contributed by atoms with Gasteiger partial charge in [0.25, 0.3) is 0 Å². The second-order valence-corrected chi connectivity index (χ2v) is 15.5. The zero-order valence-electron chi connectivity index (χ0n) is 30.4. The predicted octanol–water partition coefficient (Wildman–Crippen LogP) is 13.9. The summed E-state index contributed by atoms with van der Waals surface area (Å²) in [5.74, 6) is 1.87. The van der Waals surface area contributed by atoms with Crippen LogP contribution in [0.4, 0.5) is 0 Å². The van der Waals surface area contributed by atoms with E-state index in [0.29, 0.717) is 17.5 Å². The van der Waals surface area contributed by atoms with Crippen molar-refractivity contribution in [2.24, 2.45) is 0 Å². The number of hydrogen-bond acceptors (Lipinski definition) is 5. The molecule has 0 atom stereocenters. The van der Waals surface area contributed by atoms with Gasteiger partial charge in [-0.05, 0) is 71.8 Å². The molecule has 266 valence electrons. The van der Waals surface area contributed by atoms with Gasteiger partial charge in [0.1, 0.15) is 11.2 Å². The molecule has 0 radical (unpaired) electrons. The van der Waals surface area contributed by atoms with E-state index in [1.807, 2.05) is 12.1 Å². The van der Waals surface area contributed by atoms with Crippen molar-refractivity contribution in [1.29, 1.82) is 0 Å². The molecule has 0 spiro atoms. The lowest BCUT2D eigenvalue weighted by Crippen LogP contribution is -2.00. The van der Waals surface area contributed by atoms with Crippen LogP contribution in [0.2, 0.25) is 0 Å². The van der Waals surface area contributed by atoms with E-state index in [0.717, 1.165) is 71.9 Å². The summed E-state index contributed by atoms with van der Waals surface area (Å²) in [5.41, 5.74) is 10.1. The summed E-state index contributed by atoms with van der Waals surface area (Å²) < 4.78 is 11.4. The maximum atomic E-state index is 6.59. The van der Waals surface area contributed by atoms with Crippen LogP contribution in [0.25, 0.3) is 115 Å². The minimum Gasteiger partial charge on any atom is -0.456 e. The van der Waals surface area contributed by atoms with Crippen LogP contribution in [-0.2, 0) is 0 Å². The fraction of sp³-hybridized carbons (Fsp3) is 0. The lowest BCUT2D eigenvalue weighted by molar-refractivity contribution is 0.669. The fourth-order valence-corrected chi connectivity index (χ4v) is 9.55. The largest absolute Gasteiger partial charge is 0.456 e. The molecule has 0 amide bonds. The Kier molecular flexibility index (Phi) is 7.03. The van der Waals surface area contributed by atoms with E-state index < -0.39 is 0 Å². The molecule has 57 heavy (non-hydrogen) atoms. The molecule has 0 bridgehead atoms. The Labute approximate surface area is 330 Å². The topological polar surface area (TPSA) is 56.7 Å². The van der Waals surface area contributed by atoms with Gasteiger partial charge in [-0.1, -0.05) is 115 Å². The van der Waals surface area contributed by atoms with E-state index in [2.05, 4.69) is 174 Å². The highest BCUT2D eigenvalue weighted by Crippen LogP contribution is 2.42. The van der Waals surface area contributed by atoms with Crippen LogP contribution >= 0.6 is 11.3 Å². The summed E-state index contributed by atoms with van der Waals surface area (Å²) in [6.45, 7) is 0. The Hall–Kier alpha value is -7.41. The molecule has 0 aliphatic carbocycles. The lowest BCUT2D eigenvalue weighted by Gasteiger charge is -2.11. The number of thiophene rings is 1. The quantitative estimate of drug-likeness (QED) is 0.176. The number of furan rings is 1. The predicted molar refractivity (Wildman–Crippen MR) is 236 cm³/mol. The Morgan fingerprint density at radius 1 is 0.386 bits per heavy atom. The SMILES string of the molecule is c1ccc(-c2cccc(-c3nc(-c4ccc5oc6cc7c(cc6c5c4)c4ccccc4n7-c4ccccc4)nc(-c4cccc5sc6ccccc6c45)n3)c2)cc1. The molecule has 8 aromatic carbocycles. The second-order valence-electron chi connectivity index (χ2n) is 14.4. The maximum absolute atomic E-state index is 6.59. The molecule has 0 saturated carbocycles. The number of hydrogen-bond donors (Lipinski definition) is 0. The molecule has 0 saturated heterocycles. The van der Waals surface area contributed by atoms with Crippen LogP contribution in [0.5, 0.6) is 0 Å². The highest BCUT2D eigenvalue weighted by Gasteiger charge is 2.20. The van der Waals surface area contributed by atoms with Crippen molar-refractivity contribution in [3.63, 3.8) is 0 Å². The fourth-order valence-electron chi connectivity index (χ4n) is 8.42. The van der Waals surface area contributed by atoms with Gasteiger partial charge in [-0.2, -0.15) is 0 Å². The van der Waals surface area contributed by atoms with Crippen LogP contribution in [0.15, 0.2) is 186 Å². The number of para-hydroxylation sites is 2. The smallest absolute Gasteiger partial charge is 0.164 e. The third-order valence-electron chi connectivity index (χ3n) is 11.0. The number of fused-ring (bicyclic) bond motifs is 9. The van der Waals surface area contributed by atoms with Crippen molar-refractivity contribution in [3.8, 4) is 51.0 Å². The van der Waals surface area contributed by atoms with E-state index in [-0.39, 0.29) is 0 Å². The molecule has 0 N–H and O–H groups in total. The summed E-state index contributed by atoms with van der Waals surface area (Å²) in [4.78, 5) is 15.7. The van der Waals surface area contributed by atoms with Gasteiger partial charge in [0.2, 0.25) is 0 Å². The van der Waals surface area contributed by atoms with Crippen molar-refractivity contribution in [1.82, 2.24) is 19.5 Å². The number of benzene rings is 8. The molecule has 5 nitrogen and oxygen atoms in total. The third kappa shape index (κ3) is 5.12. The van der Waals surface area contributed by atoms with E-state index in [9.17, 15) is 0 Å². The molecular weight excluding hydrogens is 717 g/mol. The minimum atomic E-state index is 0.606. The average Bonchev–Trinajstić information content (AvgIpc) is 3.95. The summed E-state index contributed by atoms with van der Waals surface area (Å²) in [6.07, 6.45) is 0. The van der Waals surface area contributed by atoms with Gasteiger partial charge in [-0.15, -0.1) is 11.3 Å². The van der Waals surface area contributed by atoms with Gasteiger partial charge in [0.05, 0.1) is 11.0 Å². The van der Waals surface area contributed by atoms with Crippen molar-refractivity contribution in [2.45, 2.75) is 0 Å². The van der Waals surface area contributed by atoms with Gasteiger partial charge in [0, 0.05) is 70.2 Å². The molecule has 4 aromatic heterocycles. The summed E-state index contributed by atoms with van der Waals surface area (Å²) in [6, 6.07) is 63.7. The highest BCUT2D eigenvalue weighted by atomic mass is 32.1. The zero-order valence-corrected chi connectivity index (χ0v) is 31.2. The van der Waals surface area contributed by atoms with Gasteiger partial charge in [-0.25, -0.2) is 15.0 Å². The molecule has 6 heteroatoms. The van der Waals surface area contributed by atoms with E-state index in [1.54, 1.807) is 11.3 Å². The van der Waals surface area contributed by atoms with E-state index in [1.165, 1.54) is 25.6 Å². The molecular formula is C51H30N4OS. The Morgan fingerprint density at radius 3 is 1.89 bits per heavy atom. The van der Waals surface area contributed by atoms with Gasteiger partial charge in [-0.3, -0.25) is 0 Å². The lowest BCUT2D eigenvalue weighted by atomic mass is 10.0. The van der Waals surface area contributed by atoms with Crippen LogP contribution in [-0.4, -0.2) is 19.5 Å². The van der Waals surface area contributed by atoms with Crippen LogP contribution in [0.1, 0.15) is 0 Å². The van der Waals surface area contributed by atoms with Gasteiger partial charge >= 0.3 is 0 Å². The Morgan fingerprint density at radius 2 is 1.04 bits per heavy atom. The maximum Gasteiger partial charge on any atom is 0.164 e. The third-order valence-corrected chi connectivity index (χ3v) is 12.2. The average molecular weight is 747 g/mol. The Balaban J connectivity index is 1.08. The first-order valence-electron chi connectivity index (χ1n) is 19.0. The van der Waals surface area contributed by atoms with E-state index >= 15 is 0 Å². The van der Waals surface area contributed by atoms with Gasteiger partial charge in [0.15, 0.2) is 17.5 Å². The summed E-state index contributed by atoms with van der Waals surface area (Å²) in [7, 11) is 0. The van der Waals surface area contributed by atoms with Gasteiger partial charge < -0.3 is 8.98 Å². The molecule has 0 unspecified atom stereocenters. The van der Waals surface area contributed by atoms with Crippen LogP contribution in [0.3, 0.4) is 0 Å². The number of rotatable bonds is 5. The van der Waals surface area contributed by atoms with Crippen molar-refractivity contribution in [2.75, 3.05) is 0 Å². The first kappa shape index (κ1) is 31.9. The molecule has 4 heterocycles. The monoisotopic (exact) mass is 746 g/mol. The van der Waals surface area contributed by atoms with Crippen molar-refractivity contribution >= 4 is 75.3 Å². The molecule has 12 rings (SSSR count). The first-order valence-corrected chi connectivity index (χ1v) is 19.8. The van der Waals surface area contributed by atoms with Crippen molar-refractivity contribution < 1.29 is 4.42 Å². The zero-order chi connectivity index (χ0) is 37.5.